The van der Waals surface area contributed by atoms with Crippen molar-refractivity contribution in [2.75, 3.05) is 7.05 Å². The molecule has 0 aliphatic heterocycles. The Balaban J connectivity index is 0.00000162. The zero-order valence-corrected chi connectivity index (χ0v) is 13.6. The molecule has 0 amide bonds. The lowest BCUT2D eigenvalue weighted by Gasteiger charge is -2.11. The standard InChI is InChI=1S/C12H20N4O.HI/c1-7-5-11(7)15-12(13-4)14-6-10-8(2)16-17-9(10)3;/h7,11H,5-6H2,1-4H3,(H2,13,14,15);1H. The van der Waals surface area contributed by atoms with Crippen LogP contribution in [0.25, 0.3) is 0 Å². The number of nitrogens with zero attached hydrogens (tertiary/aromatic N) is 2. The molecule has 0 radical (unpaired) electrons. The van der Waals surface area contributed by atoms with Crippen LogP contribution < -0.4 is 10.6 Å². The van der Waals surface area contributed by atoms with Crippen molar-refractivity contribution in [1.29, 1.82) is 0 Å². The van der Waals surface area contributed by atoms with Gasteiger partial charge in [-0.25, -0.2) is 0 Å². The minimum atomic E-state index is 0. The van der Waals surface area contributed by atoms with Crippen molar-refractivity contribution in [3.63, 3.8) is 0 Å². The SMILES string of the molecule is CN=C(NCc1c(C)noc1C)NC1CC1C.I. The van der Waals surface area contributed by atoms with Crippen LogP contribution in [0.5, 0.6) is 0 Å². The smallest absolute Gasteiger partial charge is 0.191 e. The number of aromatic nitrogens is 1. The van der Waals surface area contributed by atoms with Gasteiger partial charge >= 0.3 is 0 Å². The Morgan fingerprint density at radius 1 is 1.50 bits per heavy atom. The summed E-state index contributed by atoms with van der Waals surface area (Å²) in [6, 6.07) is 0.575. The van der Waals surface area contributed by atoms with Gasteiger partial charge in [-0.1, -0.05) is 12.1 Å². The van der Waals surface area contributed by atoms with Gasteiger partial charge in [0.05, 0.1) is 5.69 Å². The molecule has 18 heavy (non-hydrogen) atoms. The first kappa shape index (κ1) is 15.3. The van der Waals surface area contributed by atoms with E-state index >= 15 is 0 Å². The van der Waals surface area contributed by atoms with Crippen LogP contribution in [-0.4, -0.2) is 24.2 Å². The minimum absolute atomic E-state index is 0. The van der Waals surface area contributed by atoms with E-state index in [-0.39, 0.29) is 24.0 Å². The van der Waals surface area contributed by atoms with Gasteiger partial charge in [0.2, 0.25) is 0 Å². The second-order valence-electron chi connectivity index (χ2n) is 4.69. The van der Waals surface area contributed by atoms with Gasteiger partial charge < -0.3 is 15.2 Å². The largest absolute Gasteiger partial charge is 0.361 e. The molecule has 2 rings (SSSR count). The molecule has 2 atom stereocenters. The summed E-state index contributed by atoms with van der Waals surface area (Å²) in [6.45, 7) is 6.81. The Hall–Kier alpha value is -0.790. The average molecular weight is 364 g/mol. The lowest BCUT2D eigenvalue weighted by atomic mass is 10.2. The molecule has 0 aromatic carbocycles. The molecule has 1 aromatic rings. The Morgan fingerprint density at radius 3 is 2.61 bits per heavy atom. The zero-order chi connectivity index (χ0) is 12.4. The molecule has 1 aliphatic carbocycles. The maximum Gasteiger partial charge on any atom is 0.191 e. The molecule has 0 saturated heterocycles. The van der Waals surface area contributed by atoms with Gasteiger partial charge in [-0.3, -0.25) is 4.99 Å². The van der Waals surface area contributed by atoms with E-state index in [1.165, 1.54) is 6.42 Å². The summed E-state index contributed by atoms with van der Waals surface area (Å²) in [7, 11) is 1.79. The summed E-state index contributed by atoms with van der Waals surface area (Å²) < 4.78 is 5.12. The van der Waals surface area contributed by atoms with Gasteiger partial charge in [0.25, 0.3) is 0 Å². The van der Waals surface area contributed by atoms with Crippen LogP contribution in [0.3, 0.4) is 0 Å². The lowest BCUT2D eigenvalue weighted by molar-refractivity contribution is 0.392. The van der Waals surface area contributed by atoms with Gasteiger partial charge in [-0.2, -0.15) is 0 Å². The minimum Gasteiger partial charge on any atom is -0.361 e. The zero-order valence-electron chi connectivity index (χ0n) is 11.3. The fourth-order valence-corrected chi connectivity index (χ4v) is 1.82. The topological polar surface area (TPSA) is 62.5 Å². The van der Waals surface area contributed by atoms with E-state index in [4.69, 9.17) is 4.52 Å². The molecular formula is C12H21IN4O. The number of halogens is 1. The summed E-state index contributed by atoms with van der Waals surface area (Å²) in [5.74, 6) is 2.47. The second-order valence-corrected chi connectivity index (χ2v) is 4.69. The van der Waals surface area contributed by atoms with Gasteiger partial charge in [0.15, 0.2) is 5.96 Å². The number of rotatable bonds is 3. The van der Waals surface area contributed by atoms with Crippen LogP contribution in [0.2, 0.25) is 0 Å². The molecule has 1 fully saturated rings. The fourth-order valence-electron chi connectivity index (χ4n) is 1.82. The Kier molecular flexibility index (Phi) is 5.43. The van der Waals surface area contributed by atoms with E-state index in [0.717, 1.165) is 28.9 Å². The van der Waals surface area contributed by atoms with E-state index < -0.39 is 0 Å². The predicted octanol–water partition coefficient (Wildman–Crippen LogP) is 1.98. The first-order valence-electron chi connectivity index (χ1n) is 6.00. The highest BCUT2D eigenvalue weighted by Gasteiger charge is 2.33. The molecule has 2 unspecified atom stereocenters. The van der Waals surface area contributed by atoms with Gasteiger partial charge in [-0.05, 0) is 26.2 Å². The van der Waals surface area contributed by atoms with E-state index in [0.29, 0.717) is 12.6 Å². The van der Waals surface area contributed by atoms with Crippen molar-refractivity contribution in [3.05, 3.63) is 17.0 Å². The molecule has 0 bridgehead atoms. The highest BCUT2D eigenvalue weighted by atomic mass is 127. The predicted molar refractivity (Wildman–Crippen MR) is 82.3 cm³/mol. The van der Waals surface area contributed by atoms with E-state index in [2.05, 4.69) is 27.7 Å². The summed E-state index contributed by atoms with van der Waals surface area (Å²) in [5, 5.41) is 10.6. The molecular weight excluding hydrogens is 343 g/mol. The van der Waals surface area contributed by atoms with Crippen LogP contribution in [0, 0.1) is 19.8 Å². The summed E-state index contributed by atoms with van der Waals surface area (Å²) >= 11 is 0. The van der Waals surface area contributed by atoms with Crippen LogP contribution in [0.15, 0.2) is 9.52 Å². The molecule has 1 heterocycles. The summed E-state index contributed by atoms with van der Waals surface area (Å²) in [5.41, 5.74) is 2.04. The van der Waals surface area contributed by atoms with Gasteiger partial charge in [0.1, 0.15) is 5.76 Å². The van der Waals surface area contributed by atoms with Gasteiger partial charge in [-0.15, -0.1) is 24.0 Å². The van der Waals surface area contributed by atoms with Gasteiger partial charge in [0, 0.05) is 25.2 Å². The number of aryl methyl sites for hydroxylation is 2. The normalized spacial score (nSPS) is 22.3. The molecule has 102 valence electrons. The Morgan fingerprint density at radius 2 is 2.17 bits per heavy atom. The van der Waals surface area contributed by atoms with Crippen molar-refractivity contribution >= 4 is 29.9 Å². The number of nitrogens with one attached hydrogen (secondary N) is 2. The summed E-state index contributed by atoms with van der Waals surface area (Å²) in [6.07, 6.45) is 1.23. The van der Waals surface area contributed by atoms with Crippen molar-refractivity contribution in [2.45, 2.75) is 39.8 Å². The van der Waals surface area contributed by atoms with Crippen molar-refractivity contribution in [2.24, 2.45) is 10.9 Å². The molecule has 0 spiro atoms. The molecule has 1 saturated carbocycles. The first-order valence-corrected chi connectivity index (χ1v) is 6.00. The van der Waals surface area contributed by atoms with Crippen molar-refractivity contribution < 1.29 is 4.52 Å². The number of hydrogen-bond acceptors (Lipinski definition) is 3. The van der Waals surface area contributed by atoms with Crippen LogP contribution in [0.1, 0.15) is 30.4 Å². The van der Waals surface area contributed by atoms with Crippen LogP contribution in [0.4, 0.5) is 0 Å². The number of guanidine groups is 1. The van der Waals surface area contributed by atoms with Crippen molar-refractivity contribution in [1.82, 2.24) is 15.8 Å². The third-order valence-corrected chi connectivity index (χ3v) is 3.27. The monoisotopic (exact) mass is 364 g/mol. The number of hydrogen-bond donors (Lipinski definition) is 2. The van der Waals surface area contributed by atoms with E-state index in [1.807, 2.05) is 13.8 Å². The molecule has 1 aliphatic rings. The molecule has 2 N–H and O–H groups in total. The maximum absolute atomic E-state index is 5.12. The second kappa shape index (κ2) is 6.40. The third-order valence-electron chi connectivity index (χ3n) is 3.27. The lowest BCUT2D eigenvalue weighted by Crippen LogP contribution is -2.38. The van der Waals surface area contributed by atoms with Crippen molar-refractivity contribution in [3.8, 4) is 0 Å². The quantitative estimate of drug-likeness (QED) is 0.489. The van der Waals surface area contributed by atoms with Crippen LogP contribution >= 0.6 is 24.0 Å². The Bertz CT molecular complexity index is 410. The van der Waals surface area contributed by atoms with E-state index in [9.17, 15) is 0 Å². The Labute approximate surface area is 125 Å². The van der Waals surface area contributed by atoms with Crippen LogP contribution in [-0.2, 0) is 6.54 Å². The van der Waals surface area contributed by atoms with E-state index in [1.54, 1.807) is 7.05 Å². The average Bonchev–Trinajstić information content (AvgIpc) is 2.90. The fraction of sp³-hybridized carbons (Fsp3) is 0.667. The third kappa shape index (κ3) is 3.60. The number of aliphatic imine (C=N–C) groups is 1. The molecule has 1 aromatic heterocycles. The highest BCUT2D eigenvalue weighted by Crippen LogP contribution is 2.28. The molecule has 6 heteroatoms. The maximum atomic E-state index is 5.12. The first-order chi connectivity index (χ1) is 8.11. The summed E-state index contributed by atoms with van der Waals surface area (Å²) in [4.78, 5) is 4.20. The molecule has 5 nitrogen and oxygen atoms in total. The highest BCUT2D eigenvalue weighted by molar-refractivity contribution is 14.0.